The van der Waals surface area contributed by atoms with E-state index in [1.54, 1.807) is 18.0 Å². The summed E-state index contributed by atoms with van der Waals surface area (Å²) in [4.78, 5) is 6.33. The van der Waals surface area contributed by atoms with Crippen molar-refractivity contribution in [2.75, 3.05) is 0 Å². The van der Waals surface area contributed by atoms with Crippen LogP contribution in [0.25, 0.3) is 0 Å². The largest absolute Gasteiger partial charge is 0.326 e. The first kappa shape index (κ1) is 11.5. The van der Waals surface area contributed by atoms with Gasteiger partial charge in [-0.3, -0.25) is 4.98 Å². The maximum atomic E-state index is 5.83. The van der Waals surface area contributed by atoms with E-state index in [2.05, 4.69) is 4.98 Å². The van der Waals surface area contributed by atoms with Crippen molar-refractivity contribution in [1.82, 2.24) is 4.98 Å². The summed E-state index contributed by atoms with van der Waals surface area (Å²) < 4.78 is 0. The third kappa shape index (κ3) is 2.76. The molecule has 1 heterocycles. The highest BCUT2D eigenvalue weighted by atomic mass is 35.5. The Morgan fingerprint density at radius 2 is 1.94 bits per heavy atom. The molecule has 2 N–H and O–H groups in total. The van der Waals surface area contributed by atoms with Crippen molar-refractivity contribution < 1.29 is 0 Å². The lowest BCUT2D eigenvalue weighted by molar-refractivity contribution is 1.00. The van der Waals surface area contributed by atoms with Gasteiger partial charge in [0.25, 0.3) is 0 Å². The zero-order chi connectivity index (χ0) is 11.4. The predicted molar refractivity (Wildman–Crippen MR) is 67.7 cm³/mol. The van der Waals surface area contributed by atoms with E-state index in [4.69, 9.17) is 17.3 Å². The molecule has 0 radical (unpaired) electrons. The standard InChI is InChI=1S/C12H11ClN2S/c13-10-1-3-11(4-2-10)16-12-8-15-6-5-9(12)7-14/h1-6,8H,7,14H2. The van der Waals surface area contributed by atoms with E-state index in [1.165, 1.54) is 0 Å². The summed E-state index contributed by atoms with van der Waals surface area (Å²) in [7, 11) is 0. The SMILES string of the molecule is NCc1ccncc1Sc1ccc(Cl)cc1. The monoisotopic (exact) mass is 250 g/mol. The molecule has 0 fully saturated rings. The zero-order valence-corrected chi connectivity index (χ0v) is 10.1. The molecular weight excluding hydrogens is 240 g/mol. The fourth-order valence-corrected chi connectivity index (χ4v) is 2.35. The normalized spacial score (nSPS) is 10.4. The van der Waals surface area contributed by atoms with Gasteiger partial charge >= 0.3 is 0 Å². The van der Waals surface area contributed by atoms with Gasteiger partial charge < -0.3 is 5.73 Å². The van der Waals surface area contributed by atoms with Crippen LogP contribution in [0.1, 0.15) is 5.56 Å². The minimum Gasteiger partial charge on any atom is -0.326 e. The maximum Gasteiger partial charge on any atom is 0.0410 e. The summed E-state index contributed by atoms with van der Waals surface area (Å²) in [5, 5.41) is 0.745. The van der Waals surface area contributed by atoms with Crippen LogP contribution < -0.4 is 5.73 Å². The first-order chi connectivity index (χ1) is 7.79. The molecule has 0 saturated carbocycles. The Morgan fingerprint density at radius 3 is 2.62 bits per heavy atom. The van der Waals surface area contributed by atoms with Gasteiger partial charge in [0.15, 0.2) is 0 Å². The van der Waals surface area contributed by atoms with Crippen molar-refractivity contribution in [2.24, 2.45) is 5.73 Å². The molecular formula is C12H11ClN2S. The van der Waals surface area contributed by atoms with Crippen LogP contribution in [0.4, 0.5) is 0 Å². The van der Waals surface area contributed by atoms with E-state index >= 15 is 0 Å². The maximum absolute atomic E-state index is 5.83. The summed E-state index contributed by atoms with van der Waals surface area (Å²) in [6.45, 7) is 0.526. The van der Waals surface area contributed by atoms with Crippen molar-refractivity contribution in [2.45, 2.75) is 16.3 Å². The van der Waals surface area contributed by atoms with Crippen LogP contribution >= 0.6 is 23.4 Å². The molecule has 0 aliphatic carbocycles. The molecule has 1 aromatic heterocycles. The first-order valence-electron chi connectivity index (χ1n) is 4.86. The van der Waals surface area contributed by atoms with Gasteiger partial charge in [-0.2, -0.15) is 0 Å². The van der Waals surface area contributed by atoms with Crippen molar-refractivity contribution in [3.63, 3.8) is 0 Å². The van der Waals surface area contributed by atoms with Gasteiger partial charge in [-0.05, 0) is 35.9 Å². The summed E-state index contributed by atoms with van der Waals surface area (Å²) in [5.74, 6) is 0. The van der Waals surface area contributed by atoms with Crippen molar-refractivity contribution in [3.05, 3.63) is 53.3 Å². The van der Waals surface area contributed by atoms with Gasteiger partial charge in [-0.15, -0.1) is 0 Å². The number of aromatic nitrogens is 1. The second-order valence-corrected chi connectivity index (χ2v) is 4.80. The topological polar surface area (TPSA) is 38.9 Å². The highest BCUT2D eigenvalue weighted by Crippen LogP contribution is 2.30. The molecule has 1 aromatic carbocycles. The number of rotatable bonds is 3. The van der Waals surface area contributed by atoms with Crippen molar-refractivity contribution in [3.8, 4) is 0 Å². The molecule has 2 aromatic rings. The van der Waals surface area contributed by atoms with Crippen LogP contribution in [-0.2, 0) is 6.54 Å². The Bertz CT molecular complexity index is 471. The lowest BCUT2D eigenvalue weighted by Crippen LogP contribution is -1.98. The number of benzene rings is 1. The van der Waals surface area contributed by atoms with E-state index in [9.17, 15) is 0 Å². The molecule has 0 aliphatic rings. The lowest BCUT2D eigenvalue weighted by Gasteiger charge is -2.06. The molecule has 4 heteroatoms. The van der Waals surface area contributed by atoms with Gasteiger partial charge in [0, 0.05) is 33.8 Å². The van der Waals surface area contributed by atoms with E-state index in [0.717, 1.165) is 20.4 Å². The van der Waals surface area contributed by atoms with Crippen LogP contribution in [0.5, 0.6) is 0 Å². The number of pyridine rings is 1. The van der Waals surface area contributed by atoms with Gasteiger partial charge in [-0.25, -0.2) is 0 Å². The minimum absolute atomic E-state index is 0.526. The van der Waals surface area contributed by atoms with Gasteiger partial charge in [-0.1, -0.05) is 23.4 Å². The number of halogens is 1. The van der Waals surface area contributed by atoms with Crippen molar-refractivity contribution in [1.29, 1.82) is 0 Å². The zero-order valence-electron chi connectivity index (χ0n) is 8.56. The Balaban J connectivity index is 2.23. The number of nitrogens with two attached hydrogens (primary N) is 1. The highest BCUT2D eigenvalue weighted by Gasteiger charge is 2.02. The predicted octanol–water partition coefficient (Wildman–Crippen LogP) is 3.34. The second kappa shape index (κ2) is 5.34. The van der Waals surface area contributed by atoms with Crippen LogP contribution in [-0.4, -0.2) is 4.98 Å². The van der Waals surface area contributed by atoms with Crippen LogP contribution in [0.2, 0.25) is 5.02 Å². The lowest BCUT2D eigenvalue weighted by atomic mass is 10.3. The Morgan fingerprint density at radius 1 is 1.19 bits per heavy atom. The van der Waals surface area contributed by atoms with E-state index in [-0.39, 0.29) is 0 Å². The first-order valence-corrected chi connectivity index (χ1v) is 6.05. The van der Waals surface area contributed by atoms with Gasteiger partial charge in [0.1, 0.15) is 0 Å². The number of hydrogen-bond acceptors (Lipinski definition) is 3. The third-order valence-electron chi connectivity index (χ3n) is 2.13. The molecule has 2 nitrogen and oxygen atoms in total. The Labute approximate surface area is 104 Å². The summed E-state index contributed by atoms with van der Waals surface area (Å²) in [6.07, 6.45) is 3.59. The number of nitrogens with zero attached hydrogens (tertiary/aromatic N) is 1. The van der Waals surface area contributed by atoms with E-state index in [1.807, 2.05) is 36.5 Å². The van der Waals surface area contributed by atoms with Crippen molar-refractivity contribution >= 4 is 23.4 Å². The average molecular weight is 251 g/mol. The smallest absolute Gasteiger partial charge is 0.0410 e. The van der Waals surface area contributed by atoms with E-state index < -0.39 is 0 Å². The van der Waals surface area contributed by atoms with Crippen LogP contribution in [0.3, 0.4) is 0 Å². The molecule has 0 atom stereocenters. The molecule has 0 unspecified atom stereocenters. The molecule has 2 rings (SSSR count). The van der Waals surface area contributed by atoms with Crippen LogP contribution in [0, 0.1) is 0 Å². The fourth-order valence-electron chi connectivity index (χ4n) is 1.30. The van der Waals surface area contributed by atoms with E-state index in [0.29, 0.717) is 6.54 Å². The minimum atomic E-state index is 0.526. The van der Waals surface area contributed by atoms with Gasteiger partial charge in [0.2, 0.25) is 0 Å². The average Bonchev–Trinajstić information content (AvgIpc) is 2.33. The summed E-state index contributed by atoms with van der Waals surface area (Å²) >= 11 is 7.48. The molecule has 82 valence electrons. The molecule has 0 bridgehead atoms. The molecule has 0 aliphatic heterocycles. The Kier molecular flexibility index (Phi) is 3.83. The molecule has 0 spiro atoms. The molecule has 0 amide bonds. The fraction of sp³-hybridized carbons (Fsp3) is 0.0833. The second-order valence-electron chi connectivity index (χ2n) is 3.24. The molecule has 16 heavy (non-hydrogen) atoms. The summed E-state index contributed by atoms with van der Waals surface area (Å²) in [5.41, 5.74) is 6.77. The highest BCUT2D eigenvalue weighted by molar-refractivity contribution is 7.99. The quantitative estimate of drug-likeness (QED) is 0.908. The molecule has 0 saturated heterocycles. The van der Waals surface area contributed by atoms with Gasteiger partial charge in [0.05, 0.1) is 0 Å². The Hall–Kier alpha value is -1.03. The summed E-state index contributed by atoms with van der Waals surface area (Å²) in [6, 6.07) is 9.67. The number of hydrogen-bond donors (Lipinski definition) is 1. The van der Waals surface area contributed by atoms with Crippen LogP contribution in [0.15, 0.2) is 52.5 Å². The third-order valence-corrected chi connectivity index (χ3v) is 3.48.